The Kier molecular flexibility index (Phi) is 4.44. The molecular weight excluding hydrogens is 244 g/mol. The van der Waals surface area contributed by atoms with Crippen LogP contribution in [0.1, 0.15) is 25.3 Å². The molecule has 0 amide bonds. The van der Waals surface area contributed by atoms with Crippen molar-refractivity contribution in [1.82, 2.24) is 0 Å². The molecule has 0 aromatic heterocycles. The number of esters is 1. The van der Waals surface area contributed by atoms with Crippen molar-refractivity contribution in [3.8, 4) is 5.75 Å². The fraction of sp³-hybridized carbons (Fsp3) is 0.400. The van der Waals surface area contributed by atoms with E-state index in [0.717, 1.165) is 18.4 Å². The number of hydrogen-bond donors (Lipinski definition) is 0. The molecule has 0 fully saturated rings. The van der Waals surface area contributed by atoms with Gasteiger partial charge in [0.2, 0.25) is 0 Å². The second kappa shape index (κ2) is 6.27. The van der Waals surface area contributed by atoms with Crippen molar-refractivity contribution >= 4 is 11.5 Å². The number of carbonyl (C=O) groups excluding carboxylic acids is 1. The normalized spacial score (nSPS) is 14.5. The van der Waals surface area contributed by atoms with E-state index >= 15 is 0 Å². The van der Waals surface area contributed by atoms with Gasteiger partial charge in [0.1, 0.15) is 23.7 Å². The summed E-state index contributed by atoms with van der Waals surface area (Å²) in [7, 11) is 1.58. The Hall–Kier alpha value is -1.97. The largest absolute Gasteiger partial charge is 0.496 e. The summed E-state index contributed by atoms with van der Waals surface area (Å²) >= 11 is 0. The van der Waals surface area contributed by atoms with Crippen LogP contribution in [0.25, 0.3) is 5.57 Å². The zero-order valence-electron chi connectivity index (χ0n) is 11.3. The minimum atomic E-state index is -0.351. The molecule has 1 aromatic rings. The smallest absolute Gasteiger partial charge is 0.342 e. The molecule has 1 aliphatic rings. The highest BCUT2D eigenvalue weighted by atomic mass is 16.6. The van der Waals surface area contributed by atoms with Gasteiger partial charge in [0.15, 0.2) is 0 Å². The van der Waals surface area contributed by atoms with Gasteiger partial charge >= 0.3 is 5.97 Å². The maximum absolute atomic E-state index is 11.9. The summed E-state index contributed by atoms with van der Waals surface area (Å²) in [6, 6.07) is 7.38. The van der Waals surface area contributed by atoms with E-state index in [2.05, 4.69) is 6.92 Å². The van der Waals surface area contributed by atoms with Crippen LogP contribution in [0.2, 0.25) is 0 Å². The lowest BCUT2D eigenvalue weighted by Crippen LogP contribution is -2.01. The van der Waals surface area contributed by atoms with Crippen molar-refractivity contribution in [2.75, 3.05) is 20.3 Å². The molecule has 0 aliphatic carbocycles. The molecule has 0 atom stereocenters. The topological polar surface area (TPSA) is 44.8 Å². The number of hydrogen-bond acceptors (Lipinski definition) is 4. The highest BCUT2D eigenvalue weighted by molar-refractivity contribution is 6.19. The van der Waals surface area contributed by atoms with Gasteiger partial charge in [-0.05, 0) is 12.5 Å². The molecular formula is C15H18O4. The molecule has 0 saturated heterocycles. The number of para-hydroxylation sites is 1. The molecule has 0 spiro atoms. The van der Waals surface area contributed by atoms with Gasteiger partial charge in [0.25, 0.3) is 0 Å². The predicted octanol–water partition coefficient (Wildman–Crippen LogP) is 2.78. The maximum atomic E-state index is 11.9. The van der Waals surface area contributed by atoms with Crippen molar-refractivity contribution in [3.63, 3.8) is 0 Å². The Labute approximate surface area is 113 Å². The fourth-order valence-electron chi connectivity index (χ4n) is 1.95. The highest BCUT2D eigenvalue weighted by Crippen LogP contribution is 2.33. The molecule has 0 saturated carbocycles. The van der Waals surface area contributed by atoms with E-state index in [0.29, 0.717) is 23.7 Å². The first-order valence-corrected chi connectivity index (χ1v) is 6.44. The summed E-state index contributed by atoms with van der Waals surface area (Å²) in [5, 5.41) is 0. The molecule has 2 rings (SSSR count). The molecule has 4 heteroatoms. The minimum Gasteiger partial charge on any atom is -0.496 e. The van der Waals surface area contributed by atoms with Crippen LogP contribution in [0.3, 0.4) is 0 Å². The zero-order chi connectivity index (χ0) is 13.7. The molecule has 19 heavy (non-hydrogen) atoms. The van der Waals surface area contributed by atoms with Gasteiger partial charge in [-0.15, -0.1) is 0 Å². The average Bonchev–Trinajstić information content (AvgIpc) is 2.80. The van der Waals surface area contributed by atoms with Crippen molar-refractivity contribution in [2.24, 2.45) is 0 Å². The third-order valence-corrected chi connectivity index (χ3v) is 2.97. The summed E-state index contributed by atoms with van der Waals surface area (Å²) in [5.41, 5.74) is 1.20. The Balaban J connectivity index is 2.31. The lowest BCUT2D eigenvalue weighted by molar-refractivity contribution is -0.134. The highest BCUT2D eigenvalue weighted by Gasteiger charge is 2.29. The third kappa shape index (κ3) is 2.89. The molecule has 1 aromatic carbocycles. The Morgan fingerprint density at radius 1 is 1.32 bits per heavy atom. The Morgan fingerprint density at radius 2 is 2.11 bits per heavy atom. The monoisotopic (exact) mass is 262 g/mol. The number of ether oxygens (including phenoxy) is 3. The first-order chi connectivity index (χ1) is 9.27. The lowest BCUT2D eigenvalue weighted by Gasteiger charge is -2.09. The van der Waals surface area contributed by atoms with E-state index in [1.165, 1.54) is 0 Å². The quantitative estimate of drug-likeness (QED) is 0.584. The van der Waals surface area contributed by atoms with Gasteiger partial charge in [0.05, 0.1) is 13.7 Å². The van der Waals surface area contributed by atoms with Crippen LogP contribution in [0.15, 0.2) is 30.0 Å². The molecule has 0 radical (unpaired) electrons. The summed E-state index contributed by atoms with van der Waals surface area (Å²) in [6.45, 7) is 2.90. The molecule has 4 nitrogen and oxygen atoms in total. The predicted molar refractivity (Wildman–Crippen MR) is 71.7 cm³/mol. The van der Waals surface area contributed by atoms with Crippen LogP contribution >= 0.6 is 0 Å². The fourth-order valence-corrected chi connectivity index (χ4v) is 1.95. The van der Waals surface area contributed by atoms with Gasteiger partial charge in [-0.3, -0.25) is 0 Å². The summed E-state index contributed by atoms with van der Waals surface area (Å²) < 4.78 is 16.0. The van der Waals surface area contributed by atoms with Crippen molar-refractivity contribution in [3.05, 3.63) is 35.6 Å². The zero-order valence-corrected chi connectivity index (χ0v) is 11.3. The SMILES string of the molecule is CCCCOC1=C(c2ccccc2OC)C(=O)OC1. The first kappa shape index (κ1) is 13.5. The van der Waals surface area contributed by atoms with Crippen LogP contribution < -0.4 is 4.74 Å². The number of benzene rings is 1. The van der Waals surface area contributed by atoms with E-state index < -0.39 is 0 Å². The lowest BCUT2D eigenvalue weighted by atomic mass is 10.0. The van der Waals surface area contributed by atoms with Gasteiger partial charge in [-0.2, -0.15) is 0 Å². The summed E-state index contributed by atoms with van der Waals surface area (Å²) in [5.74, 6) is 0.895. The van der Waals surface area contributed by atoms with E-state index in [-0.39, 0.29) is 12.6 Å². The van der Waals surface area contributed by atoms with Gasteiger partial charge < -0.3 is 14.2 Å². The molecule has 0 unspecified atom stereocenters. The minimum absolute atomic E-state index is 0.204. The van der Waals surface area contributed by atoms with E-state index in [4.69, 9.17) is 14.2 Å². The van der Waals surface area contributed by atoms with Crippen LogP contribution in [0.4, 0.5) is 0 Å². The molecule has 0 N–H and O–H groups in total. The Morgan fingerprint density at radius 3 is 2.84 bits per heavy atom. The maximum Gasteiger partial charge on any atom is 0.342 e. The summed E-state index contributed by atoms with van der Waals surface area (Å²) in [4.78, 5) is 11.9. The van der Waals surface area contributed by atoms with Crippen LogP contribution in [0, 0.1) is 0 Å². The second-order valence-electron chi connectivity index (χ2n) is 4.28. The summed E-state index contributed by atoms with van der Waals surface area (Å²) in [6.07, 6.45) is 2.00. The van der Waals surface area contributed by atoms with Gasteiger partial charge in [-0.1, -0.05) is 31.5 Å². The standard InChI is InChI=1S/C15H18O4/c1-3-4-9-18-13-10-19-15(16)14(13)11-7-5-6-8-12(11)17-2/h5-8H,3-4,9-10H2,1-2H3. The van der Waals surface area contributed by atoms with Crippen LogP contribution in [0.5, 0.6) is 5.75 Å². The second-order valence-corrected chi connectivity index (χ2v) is 4.28. The first-order valence-electron chi connectivity index (χ1n) is 6.44. The van der Waals surface area contributed by atoms with E-state index in [9.17, 15) is 4.79 Å². The van der Waals surface area contributed by atoms with Crippen molar-refractivity contribution in [1.29, 1.82) is 0 Å². The number of rotatable bonds is 6. The average molecular weight is 262 g/mol. The molecule has 102 valence electrons. The van der Waals surface area contributed by atoms with Gasteiger partial charge in [0, 0.05) is 5.56 Å². The van der Waals surface area contributed by atoms with Crippen molar-refractivity contribution < 1.29 is 19.0 Å². The van der Waals surface area contributed by atoms with E-state index in [1.54, 1.807) is 7.11 Å². The number of cyclic esters (lactones) is 1. The molecule has 0 bridgehead atoms. The van der Waals surface area contributed by atoms with Crippen molar-refractivity contribution in [2.45, 2.75) is 19.8 Å². The van der Waals surface area contributed by atoms with E-state index in [1.807, 2.05) is 24.3 Å². The third-order valence-electron chi connectivity index (χ3n) is 2.97. The number of carbonyl (C=O) groups is 1. The van der Waals surface area contributed by atoms with Crippen LogP contribution in [-0.2, 0) is 14.3 Å². The number of methoxy groups -OCH3 is 1. The Bertz CT molecular complexity index is 491. The number of unbranched alkanes of at least 4 members (excludes halogenated alkanes) is 1. The van der Waals surface area contributed by atoms with Crippen LogP contribution in [-0.4, -0.2) is 26.3 Å². The molecule has 1 aliphatic heterocycles. The molecule has 1 heterocycles. The van der Waals surface area contributed by atoms with Gasteiger partial charge in [-0.25, -0.2) is 4.79 Å².